The molecule has 0 aliphatic heterocycles. The molecule has 0 aliphatic rings. The minimum atomic E-state index is -0.904. The predicted octanol–water partition coefficient (Wildman–Crippen LogP) is 3.27. The van der Waals surface area contributed by atoms with Gasteiger partial charge in [-0.3, -0.25) is 9.59 Å². The number of phenolic OH excluding ortho intramolecular Hbond substituents is 1. The molecule has 1 amide bonds. The Morgan fingerprint density at radius 3 is 2.57 bits per heavy atom. The SMILES string of the molecule is C[C@H](OC(=O)Cc1ccc(O)cc1)C(=O)Nc1cccc(Br)c1. The summed E-state index contributed by atoms with van der Waals surface area (Å²) < 4.78 is 5.96. The summed E-state index contributed by atoms with van der Waals surface area (Å²) in [6.45, 7) is 1.52. The number of hydrogen-bond donors (Lipinski definition) is 2. The van der Waals surface area contributed by atoms with Gasteiger partial charge >= 0.3 is 5.97 Å². The molecule has 120 valence electrons. The maximum atomic E-state index is 12.0. The number of nitrogens with one attached hydrogen (secondary N) is 1. The monoisotopic (exact) mass is 377 g/mol. The van der Waals surface area contributed by atoms with Crippen LogP contribution in [-0.2, 0) is 20.7 Å². The van der Waals surface area contributed by atoms with E-state index < -0.39 is 18.0 Å². The van der Waals surface area contributed by atoms with Crippen LogP contribution in [0.3, 0.4) is 0 Å². The van der Waals surface area contributed by atoms with Gasteiger partial charge in [0.25, 0.3) is 5.91 Å². The number of amides is 1. The molecule has 0 spiro atoms. The van der Waals surface area contributed by atoms with E-state index in [0.29, 0.717) is 11.3 Å². The van der Waals surface area contributed by atoms with Crippen molar-refractivity contribution in [2.45, 2.75) is 19.4 Å². The van der Waals surface area contributed by atoms with Crippen LogP contribution in [0.25, 0.3) is 0 Å². The lowest BCUT2D eigenvalue weighted by molar-refractivity contribution is -0.152. The van der Waals surface area contributed by atoms with Gasteiger partial charge in [0.05, 0.1) is 6.42 Å². The fraction of sp³-hybridized carbons (Fsp3) is 0.176. The van der Waals surface area contributed by atoms with Gasteiger partial charge in [0.15, 0.2) is 6.10 Å². The van der Waals surface area contributed by atoms with E-state index in [0.717, 1.165) is 4.47 Å². The molecule has 0 heterocycles. The number of carbonyl (C=O) groups is 2. The molecule has 0 saturated heterocycles. The molecule has 0 fully saturated rings. The Labute approximate surface area is 142 Å². The fourth-order valence-corrected chi connectivity index (χ4v) is 2.28. The largest absolute Gasteiger partial charge is 0.508 e. The van der Waals surface area contributed by atoms with Crippen molar-refractivity contribution in [3.63, 3.8) is 0 Å². The first-order valence-corrected chi connectivity index (χ1v) is 7.77. The normalized spacial score (nSPS) is 11.6. The summed E-state index contributed by atoms with van der Waals surface area (Å²) in [5, 5.41) is 11.9. The van der Waals surface area contributed by atoms with Gasteiger partial charge in [0.1, 0.15) is 5.75 Å². The molecule has 6 heteroatoms. The van der Waals surface area contributed by atoms with Gasteiger partial charge in [-0.25, -0.2) is 0 Å². The molecular weight excluding hydrogens is 362 g/mol. The molecule has 0 radical (unpaired) electrons. The number of ether oxygens (including phenoxy) is 1. The van der Waals surface area contributed by atoms with Crippen LogP contribution in [0.2, 0.25) is 0 Å². The summed E-state index contributed by atoms with van der Waals surface area (Å²) in [7, 11) is 0. The summed E-state index contributed by atoms with van der Waals surface area (Å²) >= 11 is 3.32. The number of anilines is 1. The zero-order valence-corrected chi connectivity index (χ0v) is 14.0. The second-order valence-corrected chi connectivity index (χ2v) is 5.89. The van der Waals surface area contributed by atoms with Crippen LogP contribution in [0.1, 0.15) is 12.5 Å². The smallest absolute Gasteiger partial charge is 0.311 e. The zero-order valence-electron chi connectivity index (χ0n) is 12.5. The van der Waals surface area contributed by atoms with Crippen LogP contribution in [0.5, 0.6) is 5.75 Å². The molecule has 5 nitrogen and oxygen atoms in total. The molecule has 0 saturated carbocycles. The quantitative estimate of drug-likeness (QED) is 0.784. The van der Waals surface area contributed by atoms with E-state index in [1.54, 1.807) is 30.3 Å². The van der Waals surface area contributed by atoms with E-state index >= 15 is 0 Å². The number of aromatic hydroxyl groups is 1. The van der Waals surface area contributed by atoms with Crippen LogP contribution < -0.4 is 5.32 Å². The van der Waals surface area contributed by atoms with Crippen molar-refractivity contribution in [2.75, 3.05) is 5.32 Å². The Morgan fingerprint density at radius 1 is 1.22 bits per heavy atom. The molecular formula is C17H16BrNO4. The molecule has 23 heavy (non-hydrogen) atoms. The Hall–Kier alpha value is -2.34. The summed E-state index contributed by atoms with van der Waals surface area (Å²) in [5.41, 5.74) is 1.32. The molecule has 2 rings (SSSR count). The second-order valence-electron chi connectivity index (χ2n) is 4.97. The molecule has 0 aromatic heterocycles. The van der Waals surface area contributed by atoms with Crippen LogP contribution in [0, 0.1) is 0 Å². The van der Waals surface area contributed by atoms with Crippen molar-refractivity contribution in [1.82, 2.24) is 0 Å². The number of benzene rings is 2. The van der Waals surface area contributed by atoms with E-state index in [-0.39, 0.29) is 12.2 Å². The van der Waals surface area contributed by atoms with Gasteiger partial charge in [-0.05, 0) is 42.8 Å². The summed E-state index contributed by atoms with van der Waals surface area (Å²) in [5.74, 6) is -0.779. The molecule has 2 aromatic carbocycles. The Kier molecular flexibility index (Phi) is 5.76. The maximum Gasteiger partial charge on any atom is 0.311 e. The summed E-state index contributed by atoms with van der Waals surface area (Å²) in [4.78, 5) is 23.9. The van der Waals surface area contributed by atoms with Gasteiger partial charge in [0.2, 0.25) is 0 Å². The van der Waals surface area contributed by atoms with E-state index in [1.165, 1.54) is 19.1 Å². The third-order valence-corrected chi connectivity index (χ3v) is 3.55. The van der Waals surface area contributed by atoms with Crippen LogP contribution in [-0.4, -0.2) is 23.1 Å². The maximum absolute atomic E-state index is 12.0. The average Bonchev–Trinajstić information content (AvgIpc) is 2.49. The van der Waals surface area contributed by atoms with E-state index in [9.17, 15) is 14.7 Å². The van der Waals surface area contributed by atoms with Gasteiger partial charge in [-0.15, -0.1) is 0 Å². The Bertz CT molecular complexity index is 700. The summed E-state index contributed by atoms with van der Waals surface area (Å²) in [6.07, 6.45) is -0.868. The molecule has 2 N–H and O–H groups in total. The molecule has 0 unspecified atom stereocenters. The topological polar surface area (TPSA) is 75.6 Å². The minimum Gasteiger partial charge on any atom is -0.508 e. The highest BCUT2D eigenvalue weighted by molar-refractivity contribution is 9.10. The number of esters is 1. The van der Waals surface area contributed by atoms with Crippen LogP contribution in [0.15, 0.2) is 53.0 Å². The van der Waals surface area contributed by atoms with Gasteiger partial charge in [0, 0.05) is 10.2 Å². The lowest BCUT2D eigenvalue weighted by Gasteiger charge is -2.13. The van der Waals surface area contributed by atoms with E-state index in [1.807, 2.05) is 6.07 Å². The lowest BCUT2D eigenvalue weighted by atomic mass is 10.1. The number of carbonyl (C=O) groups excluding carboxylic acids is 2. The number of halogens is 1. The second kappa shape index (κ2) is 7.78. The minimum absolute atomic E-state index is 0.0365. The average molecular weight is 378 g/mol. The van der Waals surface area contributed by atoms with Crippen LogP contribution >= 0.6 is 15.9 Å². The third kappa shape index (κ3) is 5.41. The summed E-state index contributed by atoms with van der Waals surface area (Å²) in [6, 6.07) is 13.4. The zero-order chi connectivity index (χ0) is 16.8. The first-order chi connectivity index (χ1) is 10.9. The highest BCUT2D eigenvalue weighted by atomic mass is 79.9. The van der Waals surface area contributed by atoms with Gasteiger partial charge in [-0.2, -0.15) is 0 Å². The highest BCUT2D eigenvalue weighted by Gasteiger charge is 2.18. The van der Waals surface area contributed by atoms with E-state index in [2.05, 4.69) is 21.2 Å². The molecule has 0 aliphatic carbocycles. The predicted molar refractivity (Wildman–Crippen MR) is 90.1 cm³/mol. The molecule has 2 aromatic rings. The highest BCUT2D eigenvalue weighted by Crippen LogP contribution is 2.16. The van der Waals surface area contributed by atoms with Crippen molar-refractivity contribution in [3.05, 3.63) is 58.6 Å². The lowest BCUT2D eigenvalue weighted by Crippen LogP contribution is -2.30. The Balaban J connectivity index is 1.87. The first kappa shape index (κ1) is 17.0. The van der Waals surface area contributed by atoms with Crippen molar-refractivity contribution in [1.29, 1.82) is 0 Å². The van der Waals surface area contributed by atoms with Crippen LogP contribution in [0.4, 0.5) is 5.69 Å². The number of phenols is 1. The Morgan fingerprint density at radius 2 is 1.91 bits per heavy atom. The van der Waals surface area contributed by atoms with Crippen molar-refractivity contribution < 1.29 is 19.4 Å². The van der Waals surface area contributed by atoms with E-state index in [4.69, 9.17) is 4.74 Å². The molecule has 1 atom stereocenters. The number of rotatable bonds is 5. The van der Waals surface area contributed by atoms with Gasteiger partial charge in [-0.1, -0.05) is 34.1 Å². The van der Waals surface area contributed by atoms with Crippen molar-refractivity contribution >= 4 is 33.5 Å². The third-order valence-electron chi connectivity index (χ3n) is 3.05. The van der Waals surface area contributed by atoms with Crippen molar-refractivity contribution in [2.24, 2.45) is 0 Å². The fourth-order valence-electron chi connectivity index (χ4n) is 1.88. The van der Waals surface area contributed by atoms with Crippen molar-refractivity contribution in [3.8, 4) is 5.75 Å². The van der Waals surface area contributed by atoms with Gasteiger partial charge < -0.3 is 15.2 Å². The first-order valence-electron chi connectivity index (χ1n) is 6.98. The standard InChI is InChI=1S/C17H16BrNO4/c1-11(17(22)19-14-4-2-3-13(18)10-14)23-16(21)9-12-5-7-15(20)8-6-12/h2-8,10-11,20H,9H2,1H3,(H,19,22)/t11-/m0/s1. The molecule has 0 bridgehead atoms. The number of hydrogen-bond acceptors (Lipinski definition) is 4.